The van der Waals surface area contributed by atoms with Crippen LogP contribution in [-0.2, 0) is 4.79 Å². The monoisotopic (exact) mass is 260 g/mol. The van der Waals surface area contributed by atoms with E-state index in [2.05, 4.69) is 0 Å². The number of carbonyl (C=O) groups is 2. The van der Waals surface area contributed by atoms with Crippen LogP contribution in [0.4, 0.5) is 0 Å². The molecule has 0 spiro atoms. The molecule has 0 bridgehead atoms. The lowest BCUT2D eigenvalue weighted by Crippen LogP contribution is -2.36. The molecule has 0 radical (unpaired) electrons. The molecule has 1 heterocycles. The van der Waals surface area contributed by atoms with E-state index in [0.29, 0.717) is 31.5 Å². The normalized spacial score (nSPS) is 15.0. The summed E-state index contributed by atoms with van der Waals surface area (Å²) in [5.41, 5.74) is 3.21. The van der Waals surface area contributed by atoms with E-state index >= 15 is 0 Å². The molecule has 0 unspecified atom stereocenters. The van der Waals surface area contributed by atoms with Gasteiger partial charge in [-0.15, -0.1) is 0 Å². The smallest absolute Gasteiger partial charge is 0.267 e. The largest absolute Gasteiger partial charge is 0.338 e. The van der Waals surface area contributed by atoms with E-state index in [-0.39, 0.29) is 5.91 Å². The topological polar surface area (TPSA) is 69.6 Å². The third-order valence-corrected chi connectivity index (χ3v) is 3.16. The second kappa shape index (κ2) is 6.15. The van der Waals surface area contributed by atoms with Crippen LogP contribution >= 0.6 is 0 Å². The predicted molar refractivity (Wildman–Crippen MR) is 69.6 cm³/mol. The Kier molecular flexibility index (Phi) is 4.30. The third kappa shape index (κ3) is 3.42. The van der Waals surface area contributed by atoms with Crippen LogP contribution in [0.1, 0.15) is 23.2 Å². The summed E-state index contributed by atoms with van der Waals surface area (Å²) < 4.78 is 0. The van der Waals surface area contributed by atoms with Crippen LogP contribution in [0.3, 0.4) is 0 Å². The summed E-state index contributed by atoms with van der Waals surface area (Å²) in [6.07, 6.45) is 2.71. The number of carbonyl (C=O) groups excluding carboxylic acids is 2. The van der Waals surface area contributed by atoms with E-state index in [9.17, 15) is 9.59 Å². The highest BCUT2D eigenvalue weighted by Crippen LogP contribution is 2.18. The predicted octanol–water partition coefficient (Wildman–Crippen LogP) is 1.35. The average Bonchev–Trinajstić information content (AvgIpc) is 2.48. The van der Waals surface area contributed by atoms with Crippen molar-refractivity contribution in [1.82, 2.24) is 10.4 Å². The molecule has 2 N–H and O–H groups in total. The molecule has 1 saturated heterocycles. The maximum atomic E-state index is 12.2. The number of nitrogens with zero attached hydrogens (tertiary/aromatic N) is 1. The fourth-order valence-corrected chi connectivity index (χ4v) is 2.12. The van der Waals surface area contributed by atoms with E-state index in [1.165, 1.54) is 6.08 Å². The molecule has 100 valence electrons. The molecule has 2 amide bonds. The second-order valence-corrected chi connectivity index (χ2v) is 4.44. The van der Waals surface area contributed by atoms with Gasteiger partial charge in [-0.05, 0) is 25.0 Å². The van der Waals surface area contributed by atoms with Crippen molar-refractivity contribution in [3.05, 3.63) is 47.5 Å². The van der Waals surface area contributed by atoms with Crippen molar-refractivity contribution in [2.75, 3.05) is 13.1 Å². The van der Waals surface area contributed by atoms with E-state index in [1.807, 2.05) is 18.2 Å². The van der Waals surface area contributed by atoms with E-state index in [0.717, 1.165) is 5.57 Å². The first-order valence-electron chi connectivity index (χ1n) is 6.18. The van der Waals surface area contributed by atoms with Crippen molar-refractivity contribution in [3.63, 3.8) is 0 Å². The van der Waals surface area contributed by atoms with Gasteiger partial charge in [0.1, 0.15) is 0 Å². The summed E-state index contributed by atoms with van der Waals surface area (Å²) in [7, 11) is 0. The van der Waals surface area contributed by atoms with Crippen molar-refractivity contribution in [1.29, 1.82) is 0 Å². The summed E-state index contributed by atoms with van der Waals surface area (Å²) in [5, 5.41) is 8.45. The third-order valence-electron chi connectivity index (χ3n) is 3.16. The lowest BCUT2D eigenvalue weighted by atomic mass is 10.0. The molecule has 1 aliphatic rings. The minimum atomic E-state index is -0.516. The van der Waals surface area contributed by atoms with E-state index in [1.54, 1.807) is 22.5 Å². The van der Waals surface area contributed by atoms with Crippen molar-refractivity contribution in [3.8, 4) is 0 Å². The standard InChI is InChI=1S/C14H16N2O3/c17-13(15-19)10-11-6-8-16(9-7-11)14(18)12-4-2-1-3-5-12/h1-5,10,19H,6-9H2,(H,15,17). The van der Waals surface area contributed by atoms with Gasteiger partial charge >= 0.3 is 0 Å². The van der Waals surface area contributed by atoms with Gasteiger partial charge in [-0.1, -0.05) is 23.8 Å². The van der Waals surface area contributed by atoms with Crippen LogP contribution < -0.4 is 5.48 Å². The number of rotatable bonds is 2. The number of nitrogens with one attached hydrogen (secondary N) is 1. The Balaban J connectivity index is 1.95. The number of hydrogen-bond acceptors (Lipinski definition) is 3. The number of piperidine rings is 1. The number of amides is 2. The molecule has 2 rings (SSSR count). The molecule has 0 aromatic heterocycles. The molecule has 1 aromatic rings. The second-order valence-electron chi connectivity index (χ2n) is 4.44. The molecule has 0 atom stereocenters. The summed E-state index contributed by atoms with van der Waals surface area (Å²) in [5.74, 6) is -0.496. The Morgan fingerprint density at radius 3 is 2.37 bits per heavy atom. The van der Waals surface area contributed by atoms with Gasteiger partial charge in [-0.25, -0.2) is 5.48 Å². The Hall–Kier alpha value is -2.14. The van der Waals surface area contributed by atoms with Gasteiger partial charge in [0.15, 0.2) is 0 Å². The van der Waals surface area contributed by atoms with Crippen LogP contribution in [0.2, 0.25) is 0 Å². The Bertz CT molecular complexity index is 487. The first-order valence-corrected chi connectivity index (χ1v) is 6.18. The van der Waals surface area contributed by atoms with E-state index in [4.69, 9.17) is 5.21 Å². The van der Waals surface area contributed by atoms with Gasteiger partial charge in [-0.2, -0.15) is 0 Å². The zero-order chi connectivity index (χ0) is 13.7. The average molecular weight is 260 g/mol. The SMILES string of the molecule is O=C(C=C1CCN(C(=O)c2ccccc2)CC1)NO. The van der Waals surface area contributed by atoms with Crippen LogP contribution in [0.15, 0.2) is 42.0 Å². The number of benzene rings is 1. The Morgan fingerprint density at radius 1 is 1.16 bits per heavy atom. The molecular weight excluding hydrogens is 244 g/mol. The van der Waals surface area contributed by atoms with Crippen molar-refractivity contribution in [2.45, 2.75) is 12.8 Å². The van der Waals surface area contributed by atoms with Gasteiger partial charge < -0.3 is 4.90 Å². The highest BCUT2D eigenvalue weighted by atomic mass is 16.5. The molecule has 19 heavy (non-hydrogen) atoms. The van der Waals surface area contributed by atoms with Crippen LogP contribution in [0.5, 0.6) is 0 Å². The fourth-order valence-electron chi connectivity index (χ4n) is 2.12. The lowest BCUT2D eigenvalue weighted by Gasteiger charge is -2.28. The molecule has 1 aromatic carbocycles. The number of hydrogen-bond donors (Lipinski definition) is 2. The van der Waals surface area contributed by atoms with Crippen LogP contribution in [0, 0.1) is 0 Å². The highest BCUT2D eigenvalue weighted by molar-refractivity contribution is 5.94. The van der Waals surface area contributed by atoms with Crippen molar-refractivity contribution in [2.24, 2.45) is 0 Å². The van der Waals surface area contributed by atoms with Crippen molar-refractivity contribution >= 4 is 11.8 Å². The maximum Gasteiger partial charge on any atom is 0.267 e. The molecule has 5 heteroatoms. The van der Waals surface area contributed by atoms with Gasteiger partial charge in [0.05, 0.1) is 0 Å². The molecular formula is C14H16N2O3. The Labute approximate surface area is 111 Å². The Morgan fingerprint density at radius 2 is 1.79 bits per heavy atom. The summed E-state index contributed by atoms with van der Waals surface area (Å²) in [6.45, 7) is 1.19. The number of likely N-dealkylation sites (tertiary alicyclic amines) is 1. The molecule has 1 fully saturated rings. The van der Waals surface area contributed by atoms with Gasteiger partial charge in [0.2, 0.25) is 0 Å². The van der Waals surface area contributed by atoms with Gasteiger partial charge in [0, 0.05) is 24.7 Å². The zero-order valence-electron chi connectivity index (χ0n) is 10.5. The number of hydroxylamine groups is 1. The molecule has 1 aliphatic heterocycles. The summed E-state index contributed by atoms with van der Waals surface area (Å²) in [6, 6.07) is 9.16. The van der Waals surface area contributed by atoms with Gasteiger partial charge in [0.25, 0.3) is 11.8 Å². The fraction of sp³-hybridized carbons (Fsp3) is 0.286. The van der Waals surface area contributed by atoms with Gasteiger partial charge in [-0.3, -0.25) is 14.8 Å². The lowest BCUT2D eigenvalue weighted by molar-refractivity contribution is -0.124. The van der Waals surface area contributed by atoms with Crippen molar-refractivity contribution < 1.29 is 14.8 Å². The molecule has 0 aliphatic carbocycles. The highest BCUT2D eigenvalue weighted by Gasteiger charge is 2.20. The molecule has 5 nitrogen and oxygen atoms in total. The first-order chi connectivity index (χ1) is 9.20. The zero-order valence-corrected chi connectivity index (χ0v) is 10.5. The quantitative estimate of drug-likeness (QED) is 0.479. The minimum Gasteiger partial charge on any atom is -0.338 e. The minimum absolute atomic E-state index is 0.0197. The van der Waals surface area contributed by atoms with Crippen LogP contribution in [0.25, 0.3) is 0 Å². The van der Waals surface area contributed by atoms with E-state index < -0.39 is 5.91 Å². The maximum absolute atomic E-state index is 12.2. The summed E-state index contributed by atoms with van der Waals surface area (Å²) in [4.78, 5) is 25.0. The van der Waals surface area contributed by atoms with Crippen LogP contribution in [-0.4, -0.2) is 35.0 Å². The molecule has 0 saturated carbocycles. The summed E-state index contributed by atoms with van der Waals surface area (Å²) >= 11 is 0. The first kappa shape index (κ1) is 13.3.